The Bertz CT molecular complexity index is 401. The van der Waals surface area contributed by atoms with Gasteiger partial charge in [-0.05, 0) is 26.7 Å². The van der Waals surface area contributed by atoms with Crippen molar-refractivity contribution in [3.05, 3.63) is 0 Å². The molecule has 1 rings (SSSR count). The number of carbonyl (C=O) groups excluding carboxylic acids is 1. The van der Waals surface area contributed by atoms with E-state index < -0.39 is 16.0 Å². The van der Waals surface area contributed by atoms with Gasteiger partial charge < -0.3 is 9.47 Å². The van der Waals surface area contributed by atoms with Gasteiger partial charge in [-0.15, -0.1) is 0 Å². The lowest BCUT2D eigenvalue weighted by molar-refractivity contribution is -0.141. The van der Waals surface area contributed by atoms with E-state index >= 15 is 0 Å². The molecule has 0 bridgehead atoms. The van der Waals surface area contributed by atoms with Gasteiger partial charge in [-0.3, -0.25) is 4.79 Å². The number of esters is 1. The van der Waals surface area contributed by atoms with Crippen molar-refractivity contribution in [2.45, 2.75) is 51.7 Å². The van der Waals surface area contributed by atoms with Gasteiger partial charge in [-0.25, -0.2) is 8.42 Å². The minimum absolute atomic E-state index is 0.00858. The summed E-state index contributed by atoms with van der Waals surface area (Å²) in [5.41, 5.74) is 0. The van der Waals surface area contributed by atoms with Crippen LogP contribution in [-0.2, 0) is 24.3 Å². The molecule has 0 heterocycles. The van der Waals surface area contributed by atoms with Gasteiger partial charge >= 0.3 is 5.97 Å². The van der Waals surface area contributed by atoms with Crippen LogP contribution in [0.4, 0.5) is 0 Å². The number of sulfonamides is 1. The van der Waals surface area contributed by atoms with Crippen LogP contribution in [0.2, 0.25) is 0 Å². The van der Waals surface area contributed by atoms with E-state index in [0.29, 0.717) is 0 Å². The second-order valence-corrected chi connectivity index (χ2v) is 7.34. The fourth-order valence-electron chi connectivity index (χ4n) is 2.34. The van der Waals surface area contributed by atoms with Crippen molar-refractivity contribution in [2.24, 2.45) is 0 Å². The zero-order valence-corrected chi connectivity index (χ0v) is 13.3. The SMILES string of the molecule is COC(=O)CN(C1CCCC1)S(=O)(=O)CCOC(C)C. The second-order valence-electron chi connectivity index (χ2n) is 5.30. The molecule has 0 amide bonds. The highest BCUT2D eigenvalue weighted by Crippen LogP contribution is 2.25. The summed E-state index contributed by atoms with van der Waals surface area (Å²) in [6.07, 6.45) is 3.61. The topological polar surface area (TPSA) is 72.9 Å². The van der Waals surface area contributed by atoms with Crippen molar-refractivity contribution in [3.8, 4) is 0 Å². The van der Waals surface area contributed by atoms with Crippen molar-refractivity contribution in [2.75, 3.05) is 26.0 Å². The van der Waals surface area contributed by atoms with Crippen molar-refractivity contribution in [1.29, 1.82) is 0 Å². The number of ether oxygens (including phenoxy) is 2. The predicted molar refractivity (Wildman–Crippen MR) is 75.9 cm³/mol. The van der Waals surface area contributed by atoms with Crippen LogP contribution < -0.4 is 0 Å². The maximum Gasteiger partial charge on any atom is 0.321 e. The van der Waals surface area contributed by atoms with Gasteiger partial charge in [0, 0.05) is 6.04 Å². The van der Waals surface area contributed by atoms with E-state index in [1.54, 1.807) is 0 Å². The number of nitrogens with zero attached hydrogens (tertiary/aromatic N) is 1. The molecular weight excluding hydrogens is 282 g/mol. The fourth-order valence-corrected chi connectivity index (χ4v) is 3.85. The van der Waals surface area contributed by atoms with Crippen LogP contribution in [0.5, 0.6) is 0 Å². The molecule has 1 aliphatic rings. The van der Waals surface area contributed by atoms with Crippen LogP contribution in [0.1, 0.15) is 39.5 Å². The van der Waals surface area contributed by atoms with Gasteiger partial charge in [-0.1, -0.05) is 12.8 Å². The number of rotatable bonds is 8. The summed E-state index contributed by atoms with van der Waals surface area (Å²) in [5.74, 6) is -0.621. The average molecular weight is 307 g/mol. The first kappa shape index (κ1) is 17.4. The molecule has 1 saturated carbocycles. The molecule has 0 aromatic rings. The lowest BCUT2D eigenvalue weighted by Gasteiger charge is -2.27. The summed E-state index contributed by atoms with van der Waals surface area (Å²) in [7, 11) is -2.23. The van der Waals surface area contributed by atoms with Gasteiger partial charge in [-0.2, -0.15) is 4.31 Å². The molecule has 1 aliphatic carbocycles. The molecule has 0 aromatic heterocycles. The van der Waals surface area contributed by atoms with Crippen molar-refractivity contribution < 1.29 is 22.7 Å². The van der Waals surface area contributed by atoms with Crippen LogP contribution in [0.25, 0.3) is 0 Å². The Labute approximate surface area is 121 Å². The summed E-state index contributed by atoms with van der Waals surface area (Å²) in [6.45, 7) is 3.65. The molecule has 0 N–H and O–H groups in total. The van der Waals surface area contributed by atoms with Gasteiger partial charge in [0.1, 0.15) is 6.54 Å². The maximum atomic E-state index is 12.4. The minimum atomic E-state index is -3.50. The van der Waals surface area contributed by atoms with Crippen molar-refractivity contribution in [1.82, 2.24) is 4.31 Å². The Balaban J connectivity index is 2.71. The predicted octanol–water partition coefficient (Wildman–Crippen LogP) is 1.16. The molecule has 1 fully saturated rings. The highest BCUT2D eigenvalue weighted by molar-refractivity contribution is 7.89. The highest BCUT2D eigenvalue weighted by Gasteiger charge is 2.33. The molecule has 0 atom stereocenters. The molecule has 0 unspecified atom stereocenters. The molecule has 20 heavy (non-hydrogen) atoms. The zero-order chi connectivity index (χ0) is 15.2. The smallest absolute Gasteiger partial charge is 0.321 e. The first-order valence-corrected chi connectivity index (χ1v) is 8.65. The van der Waals surface area contributed by atoms with Crippen molar-refractivity contribution >= 4 is 16.0 Å². The van der Waals surface area contributed by atoms with E-state index in [0.717, 1.165) is 25.7 Å². The lowest BCUT2D eigenvalue weighted by atomic mass is 10.2. The van der Waals surface area contributed by atoms with Crippen LogP contribution >= 0.6 is 0 Å². The third kappa shape index (κ3) is 5.38. The van der Waals surface area contributed by atoms with Crippen LogP contribution in [0, 0.1) is 0 Å². The van der Waals surface area contributed by atoms with E-state index in [9.17, 15) is 13.2 Å². The third-order valence-corrected chi connectivity index (χ3v) is 5.22. The Morgan fingerprint density at radius 3 is 2.40 bits per heavy atom. The average Bonchev–Trinajstić information content (AvgIpc) is 2.88. The Morgan fingerprint density at radius 2 is 1.90 bits per heavy atom. The fraction of sp³-hybridized carbons (Fsp3) is 0.923. The minimum Gasteiger partial charge on any atom is -0.468 e. The summed E-state index contributed by atoms with van der Waals surface area (Å²) in [6, 6.07) is -0.0850. The number of hydrogen-bond donors (Lipinski definition) is 0. The van der Waals surface area contributed by atoms with Gasteiger partial charge in [0.2, 0.25) is 10.0 Å². The van der Waals surface area contributed by atoms with E-state index in [1.807, 2.05) is 13.8 Å². The normalized spacial score (nSPS) is 17.1. The molecular formula is C13H25NO5S. The molecule has 0 aromatic carbocycles. The van der Waals surface area contributed by atoms with Crippen LogP contribution in [0.3, 0.4) is 0 Å². The zero-order valence-electron chi connectivity index (χ0n) is 12.5. The largest absolute Gasteiger partial charge is 0.468 e. The van der Waals surface area contributed by atoms with Crippen LogP contribution in [0.15, 0.2) is 0 Å². The number of hydrogen-bond acceptors (Lipinski definition) is 5. The quantitative estimate of drug-likeness (QED) is 0.629. The summed E-state index contributed by atoms with van der Waals surface area (Å²) in [4.78, 5) is 11.4. The Morgan fingerprint density at radius 1 is 1.30 bits per heavy atom. The van der Waals surface area contributed by atoms with E-state index in [-0.39, 0.29) is 31.1 Å². The summed E-state index contributed by atoms with van der Waals surface area (Å²) < 4.78 is 36.0. The molecule has 7 heteroatoms. The van der Waals surface area contributed by atoms with E-state index in [1.165, 1.54) is 11.4 Å². The summed E-state index contributed by atoms with van der Waals surface area (Å²) >= 11 is 0. The molecule has 0 radical (unpaired) electrons. The molecule has 0 spiro atoms. The standard InChI is InChI=1S/C13H25NO5S/c1-11(2)19-8-9-20(16,17)14(10-13(15)18-3)12-6-4-5-7-12/h11-12H,4-10H2,1-3H3. The Hall–Kier alpha value is -0.660. The molecule has 118 valence electrons. The second kappa shape index (κ2) is 7.95. The maximum absolute atomic E-state index is 12.4. The first-order chi connectivity index (χ1) is 9.36. The number of carbonyl (C=O) groups is 1. The lowest BCUT2D eigenvalue weighted by Crippen LogP contribution is -2.44. The Kier molecular flexibility index (Phi) is 6.91. The first-order valence-electron chi connectivity index (χ1n) is 7.04. The van der Waals surface area contributed by atoms with Crippen molar-refractivity contribution in [3.63, 3.8) is 0 Å². The number of methoxy groups -OCH3 is 1. The van der Waals surface area contributed by atoms with E-state index in [2.05, 4.69) is 4.74 Å². The van der Waals surface area contributed by atoms with Gasteiger partial charge in [0.05, 0.1) is 25.6 Å². The molecule has 0 saturated heterocycles. The van der Waals surface area contributed by atoms with Gasteiger partial charge in [0.15, 0.2) is 0 Å². The van der Waals surface area contributed by atoms with Crippen LogP contribution in [-0.4, -0.2) is 56.9 Å². The van der Waals surface area contributed by atoms with E-state index in [4.69, 9.17) is 4.74 Å². The third-order valence-electron chi connectivity index (χ3n) is 3.39. The molecule has 0 aliphatic heterocycles. The summed E-state index contributed by atoms with van der Waals surface area (Å²) in [5, 5.41) is 0. The molecule has 6 nitrogen and oxygen atoms in total. The van der Waals surface area contributed by atoms with Gasteiger partial charge in [0.25, 0.3) is 0 Å². The monoisotopic (exact) mass is 307 g/mol. The highest BCUT2D eigenvalue weighted by atomic mass is 32.2.